The molecule has 0 fully saturated rings. The Morgan fingerprint density at radius 3 is 2.47 bits per heavy atom. The van der Waals surface area contributed by atoms with Crippen molar-refractivity contribution in [1.82, 2.24) is 0 Å². The maximum Gasteiger partial charge on any atom is 0.446 e. The highest BCUT2D eigenvalue weighted by Gasteiger charge is 2.29. The minimum Gasteiger partial charge on any atom is -0.330 e. The molecule has 0 spiro atoms. The quantitative estimate of drug-likeness (QED) is 0.644. The fourth-order valence-corrected chi connectivity index (χ4v) is 2.24. The zero-order chi connectivity index (χ0) is 12.9. The van der Waals surface area contributed by atoms with E-state index in [1.54, 1.807) is 12.1 Å². The first kappa shape index (κ1) is 14.4. The lowest BCUT2D eigenvalue weighted by atomic mass is 10.0. The van der Waals surface area contributed by atoms with E-state index in [0.717, 1.165) is 30.4 Å². The number of nitrogens with two attached hydrogens (primary N) is 1. The molecule has 96 valence electrons. The predicted molar refractivity (Wildman–Crippen MR) is 65.1 cm³/mol. The SMILES string of the molecule is Cc1cc(SC(F)(F)F)ccc1CCCCN. The minimum absolute atomic E-state index is 0.0680. The van der Waals surface area contributed by atoms with Crippen LogP contribution in [0.15, 0.2) is 23.1 Å². The Morgan fingerprint density at radius 1 is 1.24 bits per heavy atom. The normalized spacial score (nSPS) is 11.8. The fourth-order valence-electron chi connectivity index (χ4n) is 1.61. The molecular weight excluding hydrogens is 247 g/mol. The maximum atomic E-state index is 12.2. The van der Waals surface area contributed by atoms with Crippen molar-refractivity contribution in [3.05, 3.63) is 29.3 Å². The molecule has 17 heavy (non-hydrogen) atoms. The Hall–Kier alpha value is -0.680. The Morgan fingerprint density at radius 2 is 1.94 bits per heavy atom. The Balaban J connectivity index is 2.66. The number of halogens is 3. The molecule has 1 rings (SSSR count). The third-order valence-corrected chi connectivity index (χ3v) is 3.17. The average Bonchev–Trinajstić information content (AvgIpc) is 2.19. The van der Waals surface area contributed by atoms with Gasteiger partial charge in [0.05, 0.1) is 0 Å². The molecule has 2 N–H and O–H groups in total. The van der Waals surface area contributed by atoms with Crippen LogP contribution in [0.2, 0.25) is 0 Å². The van der Waals surface area contributed by atoms with Crippen LogP contribution in [0.1, 0.15) is 24.0 Å². The summed E-state index contributed by atoms with van der Waals surface area (Å²) in [5, 5.41) is 0. The van der Waals surface area contributed by atoms with E-state index in [2.05, 4.69) is 0 Å². The molecular formula is C12H16F3NS. The summed E-state index contributed by atoms with van der Waals surface area (Å²) in [6.07, 6.45) is 2.79. The number of unbranched alkanes of at least 4 members (excludes halogenated alkanes) is 1. The lowest BCUT2D eigenvalue weighted by Crippen LogP contribution is -2.01. The van der Waals surface area contributed by atoms with Gasteiger partial charge in [0.1, 0.15) is 0 Å². The number of alkyl halides is 3. The molecule has 1 nitrogen and oxygen atoms in total. The van der Waals surface area contributed by atoms with Gasteiger partial charge in [-0.2, -0.15) is 13.2 Å². The van der Waals surface area contributed by atoms with Gasteiger partial charge in [0, 0.05) is 4.90 Å². The summed E-state index contributed by atoms with van der Waals surface area (Å²) in [5.74, 6) is 0. The number of hydrogen-bond donors (Lipinski definition) is 1. The van der Waals surface area contributed by atoms with Crippen molar-refractivity contribution in [1.29, 1.82) is 0 Å². The summed E-state index contributed by atoms with van der Waals surface area (Å²) in [4.78, 5) is 0.248. The predicted octanol–water partition coefficient (Wildman–Crippen LogP) is 3.89. The third kappa shape index (κ3) is 5.46. The zero-order valence-corrected chi connectivity index (χ0v) is 10.5. The van der Waals surface area contributed by atoms with Gasteiger partial charge in [-0.25, -0.2) is 0 Å². The van der Waals surface area contributed by atoms with Gasteiger partial charge in [0.2, 0.25) is 0 Å². The van der Waals surface area contributed by atoms with Gasteiger partial charge in [-0.1, -0.05) is 6.07 Å². The first-order valence-electron chi connectivity index (χ1n) is 5.48. The Bertz CT molecular complexity index is 363. The highest BCUT2D eigenvalue weighted by molar-refractivity contribution is 8.00. The van der Waals surface area contributed by atoms with Gasteiger partial charge >= 0.3 is 5.51 Å². The summed E-state index contributed by atoms with van der Waals surface area (Å²) >= 11 is -0.0680. The average molecular weight is 263 g/mol. The standard InChI is InChI=1S/C12H16F3NS/c1-9-8-11(17-12(13,14)15)6-5-10(9)4-2-3-7-16/h5-6,8H,2-4,7,16H2,1H3. The molecule has 1 aromatic carbocycles. The molecule has 0 heterocycles. The van der Waals surface area contributed by atoms with Gasteiger partial charge in [-0.05, 0) is 67.8 Å². The Labute approximate surface area is 104 Å². The van der Waals surface area contributed by atoms with Crippen molar-refractivity contribution in [2.24, 2.45) is 5.73 Å². The smallest absolute Gasteiger partial charge is 0.330 e. The van der Waals surface area contributed by atoms with Gasteiger partial charge in [-0.15, -0.1) is 0 Å². The van der Waals surface area contributed by atoms with Crippen LogP contribution in [0, 0.1) is 6.92 Å². The molecule has 0 saturated carbocycles. The van der Waals surface area contributed by atoms with E-state index >= 15 is 0 Å². The van der Waals surface area contributed by atoms with Crippen molar-refractivity contribution in [2.45, 2.75) is 36.6 Å². The van der Waals surface area contributed by atoms with Gasteiger partial charge in [0.25, 0.3) is 0 Å². The molecule has 0 atom stereocenters. The molecule has 1 aromatic rings. The number of thioether (sulfide) groups is 1. The van der Waals surface area contributed by atoms with Crippen LogP contribution in [0.3, 0.4) is 0 Å². The number of benzene rings is 1. The van der Waals surface area contributed by atoms with E-state index in [1.165, 1.54) is 6.07 Å². The van der Waals surface area contributed by atoms with Crippen molar-refractivity contribution < 1.29 is 13.2 Å². The molecule has 0 aliphatic carbocycles. The molecule has 0 amide bonds. The topological polar surface area (TPSA) is 26.0 Å². The first-order chi connectivity index (χ1) is 7.92. The van der Waals surface area contributed by atoms with Gasteiger partial charge in [0.15, 0.2) is 0 Å². The van der Waals surface area contributed by atoms with Crippen molar-refractivity contribution in [2.75, 3.05) is 6.54 Å². The molecule has 0 radical (unpaired) electrons. The van der Waals surface area contributed by atoms with E-state index in [0.29, 0.717) is 6.54 Å². The van der Waals surface area contributed by atoms with E-state index in [1.807, 2.05) is 6.92 Å². The fraction of sp³-hybridized carbons (Fsp3) is 0.500. The lowest BCUT2D eigenvalue weighted by Gasteiger charge is -2.09. The lowest BCUT2D eigenvalue weighted by molar-refractivity contribution is -0.0328. The van der Waals surface area contributed by atoms with Crippen LogP contribution in [0.4, 0.5) is 13.2 Å². The second kappa shape index (κ2) is 6.31. The molecule has 0 unspecified atom stereocenters. The summed E-state index contributed by atoms with van der Waals surface area (Å²) in [5.41, 5.74) is 3.20. The van der Waals surface area contributed by atoms with E-state index in [4.69, 9.17) is 5.73 Å². The second-order valence-corrected chi connectivity index (χ2v) is 5.02. The number of aryl methyl sites for hydroxylation is 2. The van der Waals surface area contributed by atoms with Crippen LogP contribution in [0.25, 0.3) is 0 Å². The largest absolute Gasteiger partial charge is 0.446 e. The van der Waals surface area contributed by atoms with E-state index in [9.17, 15) is 13.2 Å². The molecule has 0 aliphatic heterocycles. The molecule has 0 aromatic heterocycles. The van der Waals surface area contributed by atoms with Crippen LogP contribution in [0.5, 0.6) is 0 Å². The van der Waals surface area contributed by atoms with E-state index in [-0.39, 0.29) is 16.7 Å². The minimum atomic E-state index is -4.21. The molecule has 5 heteroatoms. The van der Waals surface area contributed by atoms with Gasteiger partial charge < -0.3 is 5.73 Å². The molecule has 0 bridgehead atoms. The molecule has 0 saturated heterocycles. The van der Waals surface area contributed by atoms with Crippen molar-refractivity contribution >= 4 is 11.8 Å². The van der Waals surface area contributed by atoms with Crippen LogP contribution in [-0.4, -0.2) is 12.1 Å². The van der Waals surface area contributed by atoms with E-state index < -0.39 is 5.51 Å². The zero-order valence-electron chi connectivity index (χ0n) is 9.68. The highest BCUT2D eigenvalue weighted by Crippen LogP contribution is 2.37. The summed E-state index contributed by atoms with van der Waals surface area (Å²) in [7, 11) is 0. The van der Waals surface area contributed by atoms with Crippen LogP contribution >= 0.6 is 11.8 Å². The first-order valence-corrected chi connectivity index (χ1v) is 6.29. The number of hydrogen-bond acceptors (Lipinski definition) is 2. The van der Waals surface area contributed by atoms with Crippen molar-refractivity contribution in [3.8, 4) is 0 Å². The third-order valence-electron chi connectivity index (χ3n) is 2.45. The number of rotatable bonds is 5. The summed E-state index contributed by atoms with van der Waals surface area (Å²) in [6, 6.07) is 4.90. The van der Waals surface area contributed by atoms with Crippen LogP contribution in [-0.2, 0) is 6.42 Å². The van der Waals surface area contributed by atoms with Gasteiger partial charge in [-0.3, -0.25) is 0 Å². The van der Waals surface area contributed by atoms with Crippen molar-refractivity contribution in [3.63, 3.8) is 0 Å². The summed E-state index contributed by atoms with van der Waals surface area (Å²) in [6.45, 7) is 2.50. The molecule has 0 aliphatic rings. The maximum absolute atomic E-state index is 12.2. The van der Waals surface area contributed by atoms with Crippen LogP contribution < -0.4 is 5.73 Å². The monoisotopic (exact) mass is 263 g/mol. The Kier molecular flexibility index (Phi) is 5.33. The summed E-state index contributed by atoms with van der Waals surface area (Å²) < 4.78 is 36.5. The second-order valence-electron chi connectivity index (χ2n) is 3.88. The highest BCUT2D eigenvalue weighted by atomic mass is 32.2.